The number of rotatable bonds is 11. The molecule has 5 saturated carbocycles. The van der Waals surface area contributed by atoms with Gasteiger partial charge in [-0.3, -0.25) is 14.4 Å². The number of esters is 2. The molecule has 6 nitrogen and oxygen atoms in total. The maximum Gasteiger partial charge on any atom is 0.312 e. The monoisotopic (exact) mass is 666 g/mol. The minimum Gasteiger partial charge on any atom is -0.481 e. The number of hydrogen-bond acceptors (Lipinski definition) is 5. The van der Waals surface area contributed by atoms with Crippen LogP contribution >= 0.6 is 0 Å². The summed E-state index contributed by atoms with van der Waals surface area (Å²) in [5.41, 5.74) is 0.498. The molecule has 6 heteroatoms. The first-order valence-electron chi connectivity index (χ1n) is 19.1. The van der Waals surface area contributed by atoms with Crippen molar-refractivity contribution in [2.75, 3.05) is 6.61 Å². The van der Waals surface area contributed by atoms with E-state index in [1.807, 2.05) is 13.8 Å². The van der Waals surface area contributed by atoms with Gasteiger partial charge < -0.3 is 14.6 Å². The van der Waals surface area contributed by atoms with Gasteiger partial charge in [-0.15, -0.1) is 6.58 Å². The number of ether oxygens (including phenoxy) is 2. The average Bonchev–Trinajstić information content (AvgIpc) is 3.35. The molecule has 0 saturated heterocycles. The van der Waals surface area contributed by atoms with Crippen LogP contribution < -0.4 is 0 Å². The number of carbonyl (C=O) groups is 3. The quantitative estimate of drug-likeness (QED) is 0.174. The fourth-order valence-electron chi connectivity index (χ4n) is 13.4. The summed E-state index contributed by atoms with van der Waals surface area (Å²) < 4.78 is 12.2. The molecule has 5 aliphatic rings. The van der Waals surface area contributed by atoms with Crippen molar-refractivity contribution in [2.45, 2.75) is 151 Å². The van der Waals surface area contributed by atoms with Crippen LogP contribution in [0.2, 0.25) is 0 Å². The molecule has 5 fully saturated rings. The van der Waals surface area contributed by atoms with Gasteiger partial charge in [-0.1, -0.05) is 66.7 Å². The van der Waals surface area contributed by atoms with Crippen molar-refractivity contribution in [3.63, 3.8) is 0 Å². The topological polar surface area (TPSA) is 89.9 Å². The molecule has 0 radical (unpaired) electrons. The lowest BCUT2D eigenvalue weighted by atomic mass is 9.32. The van der Waals surface area contributed by atoms with Crippen LogP contribution in [0.1, 0.15) is 145 Å². The molecule has 0 aromatic heterocycles. The highest BCUT2D eigenvalue weighted by atomic mass is 16.5. The van der Waals surface area contributed by atoms with Gasteiger partial charge in [0.15, 0.2) is 0 Å². The average molecular weight is 667 g/mol. The summed E-state index contributed by atoms with van der Waals surface area (Å²) in [7, 11) is 0. The lowest BCUT2D eigenvalue weighted by Crippen LogP contribution is -2.67. The van der Waals surface area contributed by atoms with Gasteiger partial charge in [0.1, 0.15) is 12.7 Å². The third kappa shape index (κ3) is 6.01. The summed E-state index contributed by atoms with van der Waals surface area (Å²) in [5.74, 6) is 1.26. The molecule has 0 aromatic carbocycles. The van der Waals surface area contributed by atoms with E-state index >= 15 is 0 Å². The van der Waals surface area contributed by atoms with Gasteiger partial charge >= 0.3 is 17.9 Å². The van der Waals surface area contributed by atoms with Crippen molar-refractivity contribution in [1.29, 1.82) is 0 Å². The second kappa shape index (κ2) is 12.9. The molecule has 270 valence electrons. The standard InChI is InChI=1S/C42H66O6/c1-11-24-47-36(46)42-21-16-28(13-12-27(2)3)35(42)29-14-15-31-39(8)19-18-32(48-34(45)26-37(4,5)25-33(43)44)38(6,7)30(39)17-20-41(31,10)40(29,9)22-23-42/h11,28-32,35H,1-2,12-26H2,3-10H3,(H,43,44)/t28?,29-,30+,31-,32+,35-,39+,40-,41-,42+/m1/s1. The van der Waals surface area contributed by atoms with Crippen molar-refractivity contribution in [3.05, 3.63) is 24.8 Å². The number of carbonyl (C=O) groups excluding carboxylic acids is 2. The molecule has 0 aliphatic heterocycles. The summed E-state index contributed by atoms with van der Waals surface area (Å²) >= 11 is 0. The number of aliphatic carboxylic acids is 1. The van der Waals surface area contributed by atoms with Crippen LogP contribution in [0, 0.1) is 62.1 Å². The minimum absolute atomic E-state index is 0.0242. The molecule has 10 atom stereocenters. The molecule has 0 heterocycles. The zero-order chi connectivity index (χ0) is 35.5. The highest BCUT2D eigenvalue weighted by Crippen LogP contribution is 2.77. The lowest BCUT2D eigenvalue weighted by molar-refractivity contribution is -0.251. The summed E-state index contributed by atoms with van der Waals surface area (Å²) in [6, 6.07) is 0. The first kappa shape index (κ1) is 37.2. The van der Waals surface area contributed by atoms with E-state index < -0.39 is 11.4 Å². The smallest absolute Gasteiger partial charge is 0.312 e. The third-order valence-corrected chi connectivity index (χ3v) is 15.7. The van der Waals surface area contributed by atoms with E-state index in [4.69, 9.17) is 9.47 Å². The summed E-state index contributed by atoms with van der Waals surface area (Å²) in [6.07, 6.45) is 14.3. The van der Waals surface area contributed by atoms with E-state index in [9.17, 15) is 19.5 Å². The van der Waals surface area contributed by atoms with Gasteiger partial charge in [0.05, 0.1) is 18.3 Å². The second-order valence-electron chi connectivity index (χ2n) is 19.3. The number of hydrogen-bond donors (Lipinski definition) is 1. The number of allylic oxidation sites excluding steroid dienone is 1. The van der Waals surface area contributed by atoms with Crippen LogP contribution in [0.5, 0.6) is 0 Å². The van der Waals surface area contributed by atoms with E-state index in [1.54, 1.807) is 6.08 Å². The van der Waals surface area contributed by atoms with Gasteiger partial charge in [-0.2, -0.15) is 0 Å². The molecule has 0 spiro atoms. The summed E-state index contributed by atoms with van der Waals surface area (Å²) in [6.45, 7) is 26.6. The van der Waals surface area contributed by atoms with E-state index in [-0.39, 0.29) is 64.6 Å². The molecule has 1 N–H and O–H groups in total. The Morgan fingerprint density at radius 3 is 2.23 bits per heavy atom. The lowest BCUT2D eigenvalue weighted by Gasteiger charge is -2.72. The second-order valence-corrected chi connectivity index (χ2v) is 19.3. The van der Waals surface area contributed by atoms with E-state index in [2.05, 4.69) is 54.7 Å². The fourth-order valence-corrected chi connectivity index (χ4v) is 13.4. The zero-order valence-electron chi connectivity index (χ0n) is 31.6. The van der Waals surface area contributed by atoms with Crippen molar-refractivity contribution < 1.29 is 29.0 Å². The third-order valence-electron chi connectivity index (χ3n) is 15.7. The van der Waals surface area contributed by atoms with Crippen LogP contribution in [0.25, 0.3) is 0 Å². The van der Waals surface area contributed by atoms with Crippen molar-refractivity contribution in [2.24, 2.45) is 62.1 Å². The SMILES string of the molecule is C=CCOC(=O)[C@]12CCC(CCC(=C)C)[C@@H]1[C@H]1CC[C@@H]3[C@@]4(C)CC[C@H](OC(=O)CC(C)(C)CC(=O)O)C(C)(C)[C@@H]4CC[C@@]3(C)[C@]1(C)CC2. The first-order chi connectivity index (χ1) is 22.3. The molecule has 0 aromatic rings. The van der Waals surface area contributed by atoms with Crippen molar-refractivity contribution >= 4 is 17.9 Å². The Labute approximate surface area is 291 Å². The molecular weight excluding hydrogens is 600 g/mol. The number of carboxylic acid groups (broad SMARTS) is 1. The fraction of sp³-hybridized carbons (Fsp3) is 0.833. The predicted molar refractivity (Wildman–Crippen MR) is 190 cm³/mol. The van der Waals surface area contributed by atoms with Gasteiger partial charge in [0, 0.05) is 5.41 Å². The maximum atomic E-state index is 14.0. The molecule has 0 amide bonds. The minimum atomic E-state index is -0.887. The van der Waals surface area contributed by atoms with Crippen LogP contribution in [0.4, 0.5) is 0 Å². The predicted octanol–water partition coefficient (Wildman–Crippen LogP) is 9.96. The number of fused-ring (bicyclic) bond motifs is 7. The normalized spacial score (nSPS) is 41.5. The van der Waals surface area contributed by atoms with Crippen LogP contribution in [-0.4, -0.2) is 35.7 Å². The largest absolute Gasteiger partial charge is 0.481 e. The van der Waals surface area contributed by atoms with Crippen molar-refractivity contribution in [3.8, 4) is 0 Å². The van der Waals surface area contributed by atoms with Gasteiger partial charge in [0.25, 0.3) is 0 Å². The number of carboxylic acids is 1. The zero-order valence-corrected chi connectivity index (χ0v) is 31.6. The Kier molecular flexibility index (Phi) is 9.98. The highest BCUT2D eigenvalue weighted by Gasteiger charge is 2.72. The summed E-state index contributed by atoms with van der Waals surface area (Å²) in [4.78, 5) is 38.5. The van der Waals surface area contributed by atoms with Crippen LogP contribution in [0.15, 0.2) is 24.8 Å². The Morgan fingerprint density at radius 1 is 0.875 bits per heavy atom. The van der Waals surface area contributed by atoms with Crippen molar-refractivity contribution in [1.82, 2.24) is 0 Å². The Bertz CT molecular complexity index is 1300. The van der Waals surface area contributed by atoms with Gasteiger partial charge in [-0.25, -0.2) is 0 Å². The molecule has 48 heavy (non-hydrogen) atoms. The molecule has 5 rings (SSSR count). The van der Waals surface area contributed by atoms with E-state index in [1.165, 1.54) is 18.4 Å². The molecule has 1 unspecified atom stereocenters. The first-order valence-corrected chi connectivity index (χ1v) is 19.1. The van der Waals surface area contributed by atoms with Gasteiger partial charge in [-0.05, 0) is 135 Å². The highest BCUT2D eigenvalue weighted by molar-refractivity contribution is 5.78. The van der Waals surface area contributed by atoms with E-state index in [0.717, 1.165) is 64.2 Å². The maximum absolute atomic E-state index is 14.0. The molecule has 0 bridgehead atoms. The van der Waals surface area contributed by atoms with Gasteiger partial charge in [0.2, 0.25) is 0 Å². The van der Waals surface area contributed by atoms with Crippen LogP contribution in [-0.2, 0) is 23.9 Å². The Hall–Kier alpha value is -2.11. The van der Waals surface area contributed by atoms with Crippen LogP contribution in [0.3, 0.4) is 0 Å². The molecule has 5 aliphatic carbocycles. The Morgan fingerprint density at radius 2 is 1.58 bits per heavy atom. The van der Waals surface area contributed by atoms with E-state index in [0.29, 0.717) is 29.6 Å². The summed E-state index contributed by atoms with van der Waals surface area (Å²) in [5, 5.41) is 9.32. The molecular formula is C42H66O6. The Balaban J connectivity index is 1.40.